The van der Waals surface area contributed by atoms with Crippen LogP contribution in [0.2, 0.25) is 0 Å². The summed E-state index contributed by atoms with van der Waals surface area (Å²) in [6.45, 7) is 2.44. The van der Waals surface area contributed by atoms with Crippen molar-refractivity contribution in [2.24, 2.45) is 0 Å². The number of aryl methyl sites for hydroxylation is 2. The van der Waals surface area contributed by atoms with Crippen molar-refractivity contribution in [1.82, 2.24) is 9.55 Å². The number of aromatic nitrogens is 2. The van der Waals surface area contributed by atoms with E-state index in [4.69, 9.17) is 5.73 Å². The van der Waals surface area contributed by atoms with Crippen LogP contribution in [-0.4, -0.2) is 19.5 Å². The van der Waals surface area contributed by atoms with Crippen LogP contribution >= 0.6 is 0 Å². The molecule has 18 heavy (non-hydrogen) atoms. The third-order valence-electron chi connectivity index (χ3n) is 2.66. The van der Waals surface area contributed by atoms with Gasteiger partial charge < -0.3 is 10.3 Å². The highest BCUT2D eigenvalue weighted by atomic mass is 32.2. The highest BCUT2D eigenvalue weighted by Crippen LogP contribution is 2.18. The molecule has 2 N–H and O–H groups in total. The first-order valence-corrected chi connectivity index (χ1v) is 6.81. The summed E-state index contributed by atoms with van der Waals surface area (Å²) in [7, 11) is -1.31. The van der Waals surface area contributed by atoms with Gasteiger partial charge >= 0.3 is 0 Å². The maximum absolute atomic E-state index is 13.1. The van der Waals surface area contributed by atoms with E-state index in [-0.39, 0.29) is 0 Å². The van der Waals surface area contributed by atoms with Crippen LogP contribution in [0, 0.1) is 12.7 Å². The SMILES string of the molecule is Cc1nccn1CCS(=O)c1cc(F)ccc1N. The molecule has 0 spiro atoms. The molecule has 0 radical (unpaired) electrons. The molecule has 1 unspecified atom stereocenters. The molecule has 0 aliphatic heterocycles. The zero-order valence-corrected chi connectivity index (χ0v) is 10.8. The Bertz CT molecular complexity index is 582. The minimum absolute atomic E-state index is 0.354. The van der Waals surface area contributed by atoms with Crippen molar-refractivity contribution in [1.29, 1.82) is 0 Å². The van der Waals surface area contributed by atoms with E-state index in [1.165, 1.54) is 18.2 Å². The molecule has 96 valence electrons. The second-order valence-corrected chi connectivity index (χ2v) is 5.44. The number of imidazole rings is 1. The minimum Gasteiger partial charge on any atom is -0.398 e. The van der Waals surface area contributed by atoms with Gasteiger partial charge in [0.25, 0.3) is 0 Å². The molecule has 2 rings (SSSR count). The summed E-state index contributed by atoms with van der Waals surface area (Å²) in [5.41, 5.74) is 6.05. The van der Waals surface area contributed by atoms with E-state index < -0.39 is 16.6 Å². The lowest BCUT2D eigenvalue weighted by Gasteiger charge is -2.07. The Morgan fingerprint density at radius 1 is 1.50 bits per heavy atom. The van der Waals surface area contributed by atoms with Gasteiger partial charge in [0.05, 0.1) is 15.7 Å². The molecule has 0 aliphatic carbocycles. The number of rotatable bonds is 4. The number of hydrogen-bond donors (Lipinski definition) is 1. The molecule has 0 amide bonds. The van der Waals surface area contributed by atoms with Crippen LogP contribution in [0.25, 0.3) is 0 Å². The lowest BCUT2D eigenvalue weighted by Crippen LogP contribution is -2.10. The van der Waals surface area contributed by atoms with Gasteiger partial charge in [0.2, 0.25) is 0 Å². The fraction of sp³-hybridized carbons (Fsp3) is 0.250. The molecule has 1 atom stereocenters. The molecule has 1 heterocycles. The third kappa shape index (κ3) is 2.76. The average molecular weight is 267 g/mol. The van der Waals surface area contributed by atoms with E-state index in [2.05, 4.69) is 4.98 Å². The van der Waals surface area contributed by atoms with Crippen molar-refractivity contribution >= 4 is 16.5 Å². The third-order valence-corrected chi connectivity index (χ3v) is 4.06. The van der Waals surface area contributed by atoms with Gasteiger partial charge in [-0.1, -0.05) is 0 Å². The predicted molar refractivity (Wildman–Crippen MR) is 69.1 cm³/mol. The topological polar surface area (TPSA) is 60.9 Å². The second-order valence-electron chi connectivity index (χ2n) is 3.90. The highest BCUT2D eigenvalue weighted by molar-refractivity contribution is 7.85. The van der Waals surface area contributed by atoms with Crippen LogP contribution in [0.15, 0.2) is 35.5 Å². The molecule has 0 fully saturated rings. The summed E-state index contributed by atoms with van der Waals surface area (Å²) in [4.78, 5) is 4.43. The molecule has 6 heteroatoms. The highest BCUT2D eigenvalue weighted by Gasteiger charge is 2.10. The smallest absolute Gasteiger partial charge is 0.124 e. The Morgan fingerprint density at radius 3 is 2.94 bits per heavy atom. The van der Waals surface area contributed by atoms with Crippen molar-refractivity contribution in [3.05, 3.63) is 42.2 Å². The van der Waals surface area contributed by atoms with Crippen LogP contribution in [0.4, 0.5) is 10.1 Å². The normalized spacial score (nSPS) is 12.6. The fourth-order valence-electron chi connectivity index (χ4n) is 1.64. The van der Waals surface area contributed by atoms with Gasteiger partial charge in [-0.05, 0) is 25.1 Å². The first-order valence-electron chi connectivity index (χ1n) is 5.49. The van der Waals surface area contributed by atoms with E-state index in [0.29, 0.717) is 22.9 Å². The van der Waals surface area contributed by atoms with Crippen LogP contribution in [0.3, 0.4) is 0 Å². The molecule has 2 aromatic rings. The van der Waals surface area contributed by atoms with Crippen molar-refractivity contribution in [2.45, 2.75) is 18.4 Å². The van der Waals surface area contributed by atoms with Crippen LogP contribution in [0.5, 0.6) is 0 Å². The molecular weight excluding hydrogens is 253 g/mol. The summed E-state index contributed by atoms with van der Waals surface area (Å²) in [6.07, 6.45) is 3.51. The molecule has 1 aromatic carbocycles. The molecule has 0 aliphatic rings. The molecule has 1 aromatic heterocycles. The standard InChI is InChI=1S/C12H14FN3OS/c1-9-15-4-5-16(9)6-7-18(17)12-8-10(13)2-3-11(12)14/h2-5,8H,6-7,14H2,1H3. The van der Waals surface area contributed by atoms with Crippen LogP contribution < -0.4 is 5.73 Å². The summed E-state index contributed by atoms with van der Waals surface area (Å²) in [5.74, 6) is 0.816. The Labute approximate surface area is 107 Å². The summed E-state index contributed by atoms with van der Waals surface area (Å²) in [5, 5.41) is 0. The monoisotopic (exact) mass is 267 g/mol. The van der Waals surface area contributed by atoms with Crippen molar-refractivity contribution in [3.63, 3.8) is 0 Å². The number of anilines is 1. The number of nitrogens with two attached hydrogens (primary N) is 1. The number of benzene rings is 1. The number of nitrogen functional groups attached to an aromatic ring is 1. The largest absolute Gasteiger partial charge is 0.398 e. The summed E-state index contributed by atoms with van der Waals surface area (Å²) >= 11 is 0. The second kappa shape index (κ2) is 5.30. The lowest BCUT2D eigenvalue weighted by molar-refractivity contribution is 0.622. The minimum atomic E-state index is -1.31. The van der Waals surface area contributed by atoms with Gasteiger partial charge in [0.15, 0.2) is 0 Å². The van der Waals surface area contributed by atoms with Gasteiger partial charge in [0, 0.05) is 30.4 Å². The van der Waals surface area contributed by atoms with Gasteiger partial charge in [-0.15, -0.1) is 0 Å². The summed E-state index contributed by atoms with van der Waals surface area (Å²) in [6, 6.07) is 3.92. The molecule has 0 saturated heterocycles. The van der Waals surface area contributed by atoms with E-state index >= 15 is 0 Å². The first kappa shape index (κ1) is 12.8. The van der Waals surface area contributed by atoms with Crippen LogP contribution in [-0.2, 0) is 17.3 Å². The number of hydrogen-bond acceptors (Lipinski definition) is 3. The predicted octanol–water partition coefficient (Wildman–Crippen LogP) is 1.72. The van der Waals surface area contributed by atoms with Crippen molar-refractivity contribution in [3.8, 4) is 0 Å². The van der Waals surface area contributed by atoms with Gasteiger partial charge in [0.1, 0.15) is 11.6 Å². The quantitative estimate of drug-likeness (QED) is 0.858. The Morgan fingerprint density at radius 2 is 2.28 bits per heavy atom. The molecule has 0 bridgehead atoms. The Kier molecular flexibility index (Phi) is 3.76. The Balaban J connectivity index is 2.08. The zero-order chi connectivity index (χ0) is 13.1. The first-order chi connectivity index (χ1) is 8.58. The van der Waals surface area contributed by atoms with E-state index in [1.54, 1.807) is 6.20 Å². The number of nitrogens with zero attached hydrogens (tertiary/aromatic N) is 2. The fourth-order valence-corrected chi connectivity index (χ4v) is 2.79. The molecule has 0 saturated carbocycles. The van der Waals surface area contributed by atoms with Gasteiger partial charge in [-0.2, -0.15) is 0 Å². The van der Waals surface area contributed by atoms with Crippen molar-refractivity contribution in [2.75, 3.05) is 11.5 Å². The lowest BCUT2D eigenvalue weighted by atomic mass is 10.3. The Hall–Kier alpha value is -1.69. The van der Waals surface area contributed by atoms with E-state index in [0.717, 1.165) is 5.82 Å². The van der Waals surface area contributed by atoms with Crippen LogP contribution in [0.1, 0.15) is 5.82 Å². The van der Waals surface area contributed by atoms with E-state index in [1.807, 2.05) is 17.7 Å². The van der Waals surface area contributed by atoms with E-state index in [9.17, 15) is 8.60 Å². The molecule has 4 nitrogen and oxygen atoms in total. The maximum Gasteiger partial charge on any atom is 0.124 e. The number of halogens is 1. The van der Waals surface area contributed by atoms with Gasteiger partial charge in [-0.25, -0.2) is 9.37 Å². The zero-order valence-electron chi connectivity index (χ0n) is 9.97. The average Bonchev–Trinajstić information content (AvgIpc) is 2.75. The van der Waals surface area contributed by atoms with Crippen molar-refractivity contribution < 1.29 is 8.60 Å². The molecular formula is C12H14FN3OS. The van der Waals surface area contributed by atoms with Gasteiger partial charge in [-0.3, -0.25) is 4.21 Å². The summed E-state index contributed by atoms with van der Waals surface area (Å²) < 4.78 is 27.0. The maximum atomic E-state index is 13.1.